The number of aryl methyl sites for hydroxylation is 1. The molecule has 18 heavy (non-hydrogen) atoms. The number of aromatic nitrogens is 3. The maximum absolute atomic E-state index is 4.00. The monoisotopic (exact) mass is 252 g/mol. The van der Waals surface area contributed by atoms with Gasteiger partial charge in [0.25, 0.3) is 0 Å². The van der Waals surface area contributed by atoms with E-state index >= 15 is 0 Å². The van der Waals surface area contributed by atoms with Crippen LogP contribution < -0.4 is 5.32 Å². The van der Waals surface area contributed by atoms with Crippen LogP contribution in [0.2, 0.25) is 0 Å². The molecule has 0 bridgehead atoms. The summed E-state index contributed by atoms with van der Waals surface area (Å²) < 4.78 is 1.89. The van der Waals surface area contributed by atoms with Gasteiger partial charge in [-0.1, -0.05) is 57.1 Å². The van der Waals surface area contributed by atoms with Gasteiger partial charge in [-0.3, -0.25) is 0 Å². The van der Waals surface area contributed by atoms with Crippen molar-refractivity contribution in [2.24, 2.45) is 0 Å². The van der Waals surface area contributed by atoms with Crippen LogP contribution in [0.25, 0.3) is 0 Å². The van der Waals surface area contributed by atoms with Crippen LogP contribution in [0.3, 0.4) is 0 Å². The summed E-state index contributed by atoms with van der Waals surface area (Å²) in [6.45, 7) is 6.25. The van der Waals surface area contributed by atoms with Crippen molar-refractivity contribution in [1.29, 1.82) is 0 Å². The summed E-state index contributed by atoms with van der Waals surface area (Å²) in [6.07, 6.45) is 12.7. The normalized spacial score (nSPS) is 10.8. The molecule has 0 aliphatic carbocycles. The molecule has 1 heterocycles. The molecule has 104 valence electrons. The lowest BCUT2D eigenvalue weighted by Crippen LogP contribution is -2.08. The number of unbranched alkanes of at least 4 members (excludes halogenated alkanes) is 7. The average molecular weight is 252 g/mol. The van der Waals surface area contributed by atoms with Crippen molar-refractivity contribution in [2.45, 2.75) is 71.8 Å². The van der Waals surface area contributed by atoms with Crippen molar-refractivity contribution in [3.8, 4) is 0 Å². The van der Waals surface area contributed by atoms with E-state index in [0.29, 0.717) is 0 Å². The van der Waals surface area contributed by atoms with Crippen LogP contribution in [-0.4, -0.2) is 21.5 Å². The van der Waals surface area contributed by atoms with Crippen molar-refractivity contribution in [3.63, 3.8) is 0 Å². The maximum Gasteiger partial charge on any atom is 0.144 e. The van der Waals surface area contributed by atoms with Gasteiger partial charge in [-0.05, 0) is 13.3 Å². The predicted molar refractivity (Wildman–Crippen MR) is 76.8 cm³/mol. The molecule has 0 amide bonds. The molecule has 0 fully saturated rings. The molecule has 0 saturated heterocycles. The van der Waals surface area contributed by atoms with E-state index in [1.807, 2.05) is 4.68 Å². The zero-order valence-electron chi connectivity index (χ0n) is 12.0. The minimum Gasteiger partial charge on any atom is -0.369 e. The SMILES string of the molecule is CCCCCCCCCCNc1cnnn1CC. The molecule has 1 rings (SSSR count). The molecule has 0 aliphatic heterocycles. The van der Waals surface area contributed by atoms with E-state index < -0.39 is 0 Å². The summed E-state index contributed by atoms with van der Waals surface area (Å²) >= 11 is 0. The lowest BCUT2D eigenvalue weighted by atomic mass is 10.1. The molecule has 0 radical (unpaired) electrons. The minimum atomic E-state index is 0.875. The fourth-order valence-corrected chi connectivity index (χ4v) is 2.10. The molecule has 0 aliphatic rings. The van der Waals surface area contributed by atoms with Crippen molar-refractivity contribution >= 4 is 5.82 Å². The van der Waals surface area contributed by atoms with Crippen LogP contribution in [0.15, 0.2) is 6.20 Å². The molecule has 0 atom stereocenters. The van der Waals surface area contributed by atoms with Crippen LogP contribution in [0.1, 0.15) is 65.2 Å². The summed E-state index contributed by atoms with van der Waals surface area (Å²) in [7, 11) is 0. The summed E-state index contributed by atoms with van der Waals surface area (Å²) in [6, 6.07) is 0. The highest BCUT2D eigenvalue weighted by atomic mass is 15.4. The molecular weight excluding hydrogens is 224 g/mol. The summed E-state index contributed by atoms with van der Waals surface area (Å²) in [5.41, 5.74) is 0. The van der Waals surface area contributed by atoms with Gasteiger partial charge in [-0.15, -0.1) is 5.10 Å². The van der Waals surface area contributed by atoms with Crippen molar-refractivity contribution < 1.29 is 0 Å². The third-order valence-corrected chi connectivity index (χ3v) is 3.25. The number of nitrogens with one attached hydrogen (secondary N) is 1. The maximum atomic E-state index is 4.00. The number of anilines is 1. The van der Waals surface area contributed by atoms with Crippen molar-refractivity contribution in [3.05, 3.63) is 6.20 Å². The largest absolute Gasteiger partial charge is 0.369 e. The van der Waals surface area contributed by atoms with Crippen LogP contribution in [0, 0.1) is 0 Å². The summed E-state index contributed by atoms with van der Waals surface area (Å²) in [5.74, 6) is 1.04. The van der Waals surface area contributed by atoms with Gasteiger partial charge in [-0.2, -0.15) is 0 Å². The molecule has 0 spiro atoms. The first-order chi connectivity index (χ1) is 8.88. The molecule has 0 saturated carbocycles. The van der Waals surface area contributed by atoms with Gasteiger partial charge < -0.3 is 5.32 Å². The quantitative estimate of drug-likeness (QED) is 0.608. The van der Waals surface area contributed by atoms with Crippen molar-refractivity contribution in [1.82, 2.24) is 15.0 Å². The van der Waals surface area contributed by atoms with Gasteiger partial charge in [0.1, 0.15) is 5.82 Å². The molecule has 0 unspecified atom stereocenters. The third-order valence-electron chi connectivity index (χ3n) is 3.25. The third kappa shape index (κ3) is 6.03. The van der Waals surface area contributed by atoms with Crippen LogP contribution >= 0.6 is 0 Å². The fourth-order valence-electron chi connectivity index (χ4n) is 2.10. The van der Waals surface area contributed by atoms with E-state index in [4.69, 9.17) is 0 Å². The highest BCUT2D eigenvalue weighted by Crippen LogP contribution is 2.09. The Labute approximate surface area is 111 Å². The summed E-state index contributed by atoms with van der Waals surface area (Å²) in [4.78, 5) is 0. The molecule has 4 heteroatoms. The highest BCUT2D eigenvalue weighted by Gasteiger charge is 1.99. The Morgan fingerprint density at radius 1 is 1.00 bits per heavy atom. The van der Waals surface area contributed by atoms with Gasteiger partial charge in [0, 0.05) is 13.1 Å². The Balaban J connectivity index is 1.92. The first kappa shape index (κ1) is 15.0. The Bertz CT molecular complexity index is 296. The average Bonchev–Trinajstić information content (AvgIpc) is 2.84. The van der Waals surface area contributed by atoms with Gasteiger partial charge in [0.05, 0.1) is 6.20 Å². The van der Waals surface area contributed by atoms with E-state index in [0.717, 1.165) is 18.9 Å². The second-order valence-corrected chi connectivity index (χ2v) is 4.84. The number of hydrogen-bond acceptors (Lipinski definition) is 3. The predicted octanol–water partition coefficient (Wildman–Crippen LogP) is 3.85. The minimum absolute atomic E-state index is 0.875. The Morgan fingerprint density at radius 3 is 2.33 bits per heavy atom. The highest BCUT2D eigenvalue weighted by molar-refractivity contribution is 5.30. The smallest absolute Gasteiger partial charge is 0.144 e. The fraction of sp³-hybridized carbons (Fsp3) is 0.857. The molecule has 0 aromatic carbocycles. The number of rotatable bonds is 11. The Kier molecular flexibility index (Phi) is 8.26. The van der Waals surface area contributed by atoms with Crippen molar-refractivity contribution in [2.75, 3.05) is 11.9 Å². The molecule has 1 N–H and O–H groups in total. The zero-order valence-corrected chi connectivity index (χ0v) is 12.0. The lowest BCUT2D eigenvalue weighted by molar-refractivity contribution is 0.579. The van der Waals surface area contributed by atoms with E-state index in [-0.39, 0.29) is 0 Å². The Morgan fingerprint density at radius 2 is 1.67 bits per heavy atom. The topological polar surface area (TPSA) is 42.7 Å². The Hall–Kier alpha value is -1.06. The van der Waals surface area contributed by atoms with Crippen LogP contribution in [0.4, 0.5) is 5.82 Å². The second kappa shape index (κ2) is 9.92. The summed E-state index contributed by atoms with van der Waals surface area (Å²) in [5, 5.41) is 11.3. The number of nitrogens with zero attached hydrogens (tertiary/aromatic N) is 3. The van der Waals surface area contributed by atoms with Gasteiger partial charge >= 0.3 is 0 Å². The molecular formula is C14H28N4. The van der Waals surface area contributed by atoms with E-state index in [1.54, 1.807) is 6.20 Å². The van der Waals surface area contributed by atoms with Crippen LogP contribution in [-0.2, 0) is 6.54 Å². The molecule has 4 nitrogen and oxygen atoms in total. The molecule has 1 aromatic heterocycles. The van der Waals surface area contributed by atoms with E-state index in [2.05, 4.69) is 29.5 Å². The first-order valence-corrected chi connectivity index (χ1v) is 7.50. The lowest BCUT2D eigenvalue weighted by Gasteiger charge is -2.06. The zero-order chi connectivity index (χ0) is 13.1. The van der Waals surface area contributed by atoms with Gasteiger partial charge in [0.2, 0.25) is 0 Å². The van der Waals surface area contributed by atoms with E-state index in [9.17, 15) is 0 Å². The first-order valence-electron chi connectivity index (χ1n) is 7.50. The van der Waals surface area contributed by atoms with Gasteiger partial charge in [0.15, 0.2) is 0 Å². The van der Waals surface area contributed by atoms with Gasteiger partial charge in [-0.25, -0.2) is 4.68 Å². The number of hydrogen-bond donors (Lipinski definition) is 1. The standard InChI is InChI=1S/C14H28N4/c1-3-5-6-7-8-9-10-11-12-15-14-13-16-17-18(14)4-2/h13,15H,3-12H2,1-2H3. The second-order valence-electron chi connectivity index (χ2n) is 4.84. The molecule has 1 aromatic rings. The van der Waals surface area contributed by atoms with E-state index in [1.165, 1.54) is 51.4 Å². The van der Waals surface area contributed by atoms with Crippen LogP contribution in [0.5, 0.6) is 0 Å².